The van der Waals surface area contributed by atoms with Crippen LogP contribution in [0.1, 0.15) is 22.8 Å². The van der Waals surface area contributed by atoms with E-state index in [2.05, 4.69) is 5.32 Å². The van der Waals surface area contributed by atoms with Crippen LogP contribution >= 0.6 is 0 Å². The quantitative estimate of drug-likeness (QED) is 0.822. The Balaban J connectivity index is 1.61. The predicted octanol–water partition coefficient (Wildman–Crippen LogP) is 2.27. The Morgan fingerprint density at radius 1 is 0.963 bits per heavy atom. The van der Waals surface area contributed by atoms with Gasteiger partial charge in [0.1, 0.15) is 5.82 Å². The number of nitrogens with one attached hydrogen (secondary N) is 1. The van der Waals surface area contributed by atoms with Gasteiger partial charge < -0.3 is 15.1 Å². The standard InChI is InChI=1S/C20H20FN3O3/c1-2-23-11-12-24(20(27)19(23)26)13-14-3-5-15(6-4-14)18(25)22-17-9-7-16(21)8-10-17/h3-10H,2,11-13H2,1H3,(H,22,25). The van der Waals surface area contributed by atoms with Crippen LogP contribution in [0.5, 0.6) is 0 Å². The number of likely N-dealkylation sites (N-methyl/N-ethyl adjacent to an activating group) is 1. The minimum atomic E-state index is -0.499. The van der Waals surface area contributed by atoms with E-state index in [1.807, 2.05) is 6.92 Å². The molecule has 6 nitrogen and oxygen atoms in total. The van der Waals surface area contributed by atoms with Gasteiger partial charge in [-0.25, -0.2) is 4.39 Å². The molecule has 0 radical (unpaired) electrons. The lowest BCUT2D eigenvalue weighted by molar-refractivity contribution is -0.156. The number of benzene rings is 2. The second-order valence-electron chi connectivity index (χ2n) is 6.27. The highest BCUT2D eigenvalue weighted by Gasteiger charge is 2.31. The predicted molar refractivity (Wildman–Crippen MR) is 98.5 cm³/mol. The van der Waals surface area contributed by atoms with E-state index in [0.717, 1.165) is 5.56 Å². The third kappa shape index (κ3) is 4.31. The van der Waals surface area contributed by atoms with Gasteiger partial charge in [-0.15, -0.1) is 0 Å². The number of halogens is 1. The van der Waals surface area contributed by atoms with Gasteiger partial charge in [0.15, 0.2) is 0 Å². The molecule has 1 aliphatic heterocycles. The summed E-state index contributed by atoms with van der Waals surface area (Å²) in [6.07, 6.45) is 0. The van der Waals surface area contributed by atoms with Crippen LogP contribution in [0.3, 0.4) is 0 Å². The molecule has 3 rings (SSSR count). The van der Waals surface area contributed by atoms with Crippen LogP contribution in [0.2, 0.25) is 0 Å². The first-order valence-corrected chi connectivity index (χ1v) is 8.72. The van der Waals surface area contributed by atoms with Gasteiger partial charge in [-0.3, -0.25) is 14.4 Å². The SMILES string of the molecule is CCN1CCN(Cc2ccc(C(=O)Nc3ccc(F)cc3)cc2)C(=O)C1=O. The van der Waals surface area contributed by atoms with E-state index in [1.165, 1.54) is 34.1 Å². The smallest absolute Gasteiger partial charge is 0.312 e. The normalized spacial score (nSPS) is 14.4. The number of carbonyl (C=O) groups excluding carboxylic acids is 3. The molecule has 1 fully saturated rings. The minimum Gasteiger partial charge on any atom is -0.333 e. The summed E-state index contributed by atoms with van der Waals surface area (Å²) in [5, 5.41) is 2.69. The Morgan fingerprint density at radius 2 is 1.56 bits per heavy atom. The fourth-order valence-electron chi connectivity index (χ4n) is 2.89. The first kappa shape index (κ1) is 18.6. The molecule has 0 atom stereocenters. The van der Waals surface area contributed by atoms with Crippen LogP contribution in [0, 0.1) is 5.82 Å². The number of amides is 3. The minimum absolute atomic E-state index is 0.309. The maximum absolute atomic E-state index is 12.9. The highest BCUT2D eigenvalue weighted by atomic mass is 19.1. The van der Waals surface area contributed by atoms with Crippen molar-refractivity contribution in [2.75, 3.05) is 25.0 Å². The second kappa shape index (κ2) is 7.99. The van der Waals surface area contributed by atoms with Crippen molar-refractivity contribution in [3.63, 3.8) is 0 Å². The monoisotopic (exact) mass is 369 g/mol. The summed E-state index contributed by atoms with van der Waals surface area (Å²) in [6, 6.07) is 12.3. The van der Waals surface area contributed by atoms with Gasteiger partial charge in [0, 0.05) is 37.4 Å². The number of anilines is 1. The van der Waals surface area contributed by atoms with E-state index in [-0.39, 0.29) is 11.7 Å². The topological polar surface area (TPSA) is 69.7 Å². The van der Waals surface area contributed by atoms with Crippen LogP contribution in [0.4, 0.5) is 10.1 Å². The Morgan fingerprint density at radius 3 is 2.19 bits per heavy atom. The highest BCUT2D eigenvalue weighted by Crippen LogP contribution is 2.14. The number of piperazine rings is 1. The van der Waals surface area contributed by atoms with E-state index in [4.69, 9.17) is 0 Å². The summed E-state index contributed by atoms with van der Waals surface area (Å²) in [6.45, 7) is 3.71. The van der Waals surface area contributed by atoms with Gasteiger partial charge in [0.2, 0.25) is 0 Å². The Labute approximate surface area is 156 Å². The number of rotatable bonds is 5. The zero-order valence-corrected chi connectivity index (χ0v) is 14.9. The van der Waals surface area contributed by atoms with Crippen LogP contribution in [-0.4, -0.2) is 47.2 Å². The van der Waals surface area contributed by atoms with Gasteiger partial charge in [-0.1, -0.05) is 12.1 Å². The highest BCUT2D eigenvalue weighted by molar-refractivity contribution is 6.35. The van der Waals surface area contributed by atoms with Crippen LogP contribution < -0.4 is 5.32 Å². The molecule has 0 aromatic heterocycles. The molecular weight excluding hydrogens is 349 g/mol. The molecule has 3 amide bonds. The molecule has 0 aliphatic carbocycles. The number of hydrogen-bond donors (Lipinski definition) is 1. The third-order valence-electron chi connectivity index (χ3n) is 4.47. The Bertz CT molecular complexity index is 850. The van der Waals surface area contributed by atoms with Gasteiger partial charge in [0.05, 0.1) is 0 Å². The van der Waals surface area contributed by atoms with Crippen LogP contribution in [-0.2, 0) is 16.1 Å². The summed E-state index contributed by atoms with van der Waals surface area (Å²) < 4.78 is 12.9. The summed E-state index contributed by atoms with van der Waals surface area (Å²) in [5.41, 5.74) is 1.78. The molecule has 140 valence electrons. The maximum atomic E-state index is 12.9. The van der Waals surface area contributed by atoms with Crippen molar-refractivity contribution in [3.05, 3.63) is 65.5 Å². The van der Waals surface area contributed by atoms with Gasteiger partial charge in [-0.05, 0) is 48.9 Å². The average Bonchev–Trinajstić information content (AvgIpc) is 2.68. The molecule has 2 aromatic rings. The fourth-order valence-corrected chi connectivity index (χ4v) is 2.89. The number of nitrogens with zero attached hydrogens (tertiary/aromatic N) is 2. The van der Waals surface area contributed by atoms with Crippen molar-refractivity contribution in [1.82, 2.24) is 9.80 Å². The van der Waals surface area contributed by atoms with Crippen molar-refractivity contribution in [2.45, 2.75) is 13.5 Å². The largest absolute Gasteiger partial charge is 0.333 e. The second-order valence-corrected chi connectivity index (χ2v) is 6.27. The van der Waals surface area contributed by atoms with Crippen LogP contribution in [0.25, 0.3) is 0 Å². The lowest BCUT2D eigenvalue weighted by atomic mass is 10.1. The molecule has 2 aromatic carbocycles. The van der Waals surface area contributed by atoms with Crippen molar-refractivity contribution < 1.29 is 18.8 Å². The van der Waals surface area contributed by atoms with Crippen molar-refractivity contribution in [1.29, 1.82) is 0 Å². The average molecular weight is 369 g/mol. The van der Waals surface area contributed by atoms with Crippen molar-refractivity contribution >= 4 is 23.4 Å². The van der Waals surface area contributed by atoms with E-state index in [0.29, 0.717) is 37.4 Å². The molecule has 0 spiro atoms. The summed E-state index contributed by atoms with van der Waals surface area (Å²) in [5.74, 6) is -1.65. The molecule has 0 saturated carbocycles. The number of carbonyl (C=O) groups is 3. The fraction of sp³-hybridized carbons (Fsp3) is 0.250. The maximum Gasteiger partial charge on any atom is 0.312 e. The van der Waals surface area contributed by atoms with Crippen LogP contribution in [0.15, 0.2) is 48.5 Å². The number of hydrogen-bond acceptors (Lipinski definition) is 3. The molecule has 0 bridgehead atoms. The Hall–Kier alpha value is -3.22. The third-order valence-corrected chi connectivity index (χ3v) is 4.47. The van der Waals surface area contributed by atoms with Crippen molar-refractivity contribution in [2.24, 2.45) is 0 Å². The molecular formula is C20H20FN3O3. The summed E-state index contributed by atoms with van der Waals surface area (Å²) in [7, 11) is 0. The molecule has 1 N–H and O–H groups in total. The van der Waals surface area contributed by atoms with Gasteiger partial charge in [-0.2, -0.15) is 0 Å². The Kier molecular flexibility index (Phi) is 5.49. The molecule has 1 heterocycles. The zero-order chi connectivity index (χ0) is 19.4. The van der Waals surface area contributed by atoms with E-state index >= 15 is 0 Å². The molecule has 1 saturated heterocycles. The van der Waals surface area contributed by atoms with E-state index < -0.39 is 11.8 Å². The molecule has 0 unspecified atom stereocenters. The summed E-state index contributed by atoms with van der Waals surface area (Å²) in [4.78, 5) is 39.4. The molecule has 7 heteroatoms. The van der Waals surface area contributed by atoms with Crippen molar-refractivity contribution in [3.8, 4) is 0 Å². The first-order chi connectivity index (χ1) is 13.0. The van der Waals surface area contributed by atoms with E-state index in [1.54, 1.807) is 24.3 Å². The lowest BCUT2D eigenvalue weighted by Crippen LogP contribution is -2.53. The van der Waals surface area contributed by atoms with Gasteiger partial charge in [0.25, 0.3) is 5.91 Å². The summed E-state index contributed by atoms with van der Waals surface area (Å²) >= 11 is 0. The van der Waals surface area contributed by atoms with Gasteiger partial charge >= 0.3 is 11.8 Å². The molecule has 1 aliphatic rings. The molecule has 27 heavy (non-hydrogen) atoms. The van der Waals surface area contributed by atoms with E-state index in [9.17, 15) is 18.8 Å². The first-order valence-electron chi connectivity index (χ1n) is 8.72. The lowest BCUT2D eigenvalue weighted by Gasteiger charge is -2.33. The zero-order valence-electron chi connectivity index (χ0n) is 14.9.